The van der Waals surface area contributed by atoms with Gasteiger partial charge in [-0.2, -0.15) is 0 Å². The summed E-state index contributed by atoms with van der Waals surface area (Å²) in [6.45, 7) is 0.491. The number of fused-ring (bicyclic) bond motifs is 1. The molecule has 0 fully saturated rings. The van der Waals surface area contributed by atoms with E-state index in [-0.39, 0.29) is 12.6 Å². The van der Waals surface area contributed by atoms with Gasteiger partial charge in [-0.05, 0) is 36.4 Å². The molecule has 2 amide bonds. The normalized spacial score (nSPS) is 15.1. The molecule has 1 unspecified atom stereocenters. The van der Waals surface area contributed by atoms with Gasteiger partial charge in [-0.15, -0.1) is 0 Å². The van der Waals surface area contributed by atoms with E-state index < -0.39 is 11.8 Å². The van der Waals surface area contributed by atoms with Crippen molar-refractivity contribution in [3.05, 3.63) is 48.5 Å². The summed E-state index contributed by atoms with van der Waals surface area (Å²) in [5.41, 5.74) is 1.56. The molecular formula is C19H21N3O4. The molecule has 0 bridgehead atoms. The number of anilines is 2. The van der Waals surface area contributed by atoms with Gasteiger partial charge in [-0.3, -0.25) is 9.59 Å². The van der Waals surface area contributed by atoms with Crippen molar-refractivity contribution < 1.29 is 19.1 Å². The Morgan fingerprint density at radius 2 is 1.73 bits per heavy atom. The van der Waals surface area contributed by atoms with Crippen molar-refractivity contribution in [2.75, 3.05) is 37.5 Å². The molecular weight excluding hydrogens is 334 g/mol. The first-order valence-electron chi connectivity index (χ1n) is 8.28. The predicted molar refractivity (Wildman–Crippen MR) is 98.8 cm³/mol. The van der Waals surface area contributed by atoms with Crippen LogP contribution in [0, 0.1) is 0 Å². The van der Waals surface area contributed by atoms with Gasteiger partial charge < -0.3 is 25.0 Å². The molecule has 2 aromatic rings. The fourth-order valence-electron chi connectivity index (χ4n) is 2.48. The Morgan fingerprint density at radius 3 is 2.42 bits per heavy atom. The zero-order chi connectivity index (χ0) is 18.5. The van der Waals surface area contributed by atoms with E-state index in [9.17, 15) is 9.59 Å². The summed E-state index contributed by atoms with van der Waals surface area (Å²) in [5.74, 6) is -0.138. The number of benzene rings is 2. The Morgan fingerprint density at radius 1 is 1.04 bits per heavy atom. The number of para-hydroxylation sites is 2. The number of amides is 2. The highest BCUT2D eigenvalue weighted by Gasteiger charge is 2.22. The molecule has 1 aliphatic rings. The summed E-state index contributed by atoms with van der Waals surface area (Å²) in [5, 5.41) is 5.14. The second-order valence-electron chi connectivity index (χ2n) is 6.10. The highest BCUT2D eigenvalue weighted by molar-refractivity contribution is 6.39. The standard InChI is InChI=1S/C19H21N3O4/c1-22(2)14-9-7-13(8-10-14)21-19(24)18(23)20-11-15-12-25-16-5-3-4-6-17(16)26-15/h3-10,15H,11-12H2,1-2H3,(H,20,23)(H,21,24). The quantitative estimate of drug-likeness (QED) is 0.815. The van der Waals surface area contributed by atoms with Gasteiger partial charge in [0.25, 0.3) is 0 Å². The number of rotatable bonds is 4. The molecule has 0 aromatic heterocycles. The Kier molecular flexibility index (Phi) is 5.26. The van der Waals surface area contributed by atoms with E-state index in [1.54, 1.807) is 18.2 Å². The van der Waals surface area contributed by atoms with Gasteiger partial charge in [0.2, 0.25) is 0 Å². The van der Waals surface area contributed by atoms with Gasteiger partial charge in [0.1, 0.15) is 12.7 Å². The van der Waals surface area contributed by atoms with Gasteiger partial charge in [-0.1, -0.05) is 12.1 Å². The van der Waals surface area contributed by atoms with Gasteiger partial charge >= 0.3 is 11.8 Å². The lowest BCUT2D eigenvalue weighted by molar-refractivity contribution is -0.136. The first-order valence-corrected chi connectivity index (χ1v) is 8.28. The molecule has 1 aliphatic heterocycles. The summed E-state index contributed by atoms with van der Waals surface area (Å²) in [6, 6.07) is 14.5. The van der Waals surface area contributed by atoms with E-state index in [0.29, 0.717) is 23.8 Å². The van der Waals surface area contributed by atoms with Crippen LogP contribution in [0.25, 0.3) is 0 Å². The van der Waals surface area contributed by atoms with Crippen molar-refractivity contribution in [2.24, 2.45) is 0 Å². The van der Waals surface area contributed by atoms with Crippen molar-refractivity contribution >= 4 is 23.2 Å². The topological polar surface area (TPSA) is 79.9 Å². The highest BCUT2D eigenvalue weighted by atomic mass is 16.6. The summed E-state index contributed by atoms with van der Waals surface area (Å²) in [7, 11) is 3.85. The van der Waals surface area contributed by atoms with Crippen LogP contribution in [0.3, 0.4) is 0 Å². The molecule has 1 atom stereocenters. The van der Waals surface area contributed by atoms with E-state index >= 15 is 0 Å². The lowest BCUT2D eigenvalue weighted by Gasteiger charge is -2.26. The summed E-state index contributed by atoms with van der Waals surface area (Å²) < 4.78 is 11.3. The minimum absolute atomic E-state index is 0.181. The van der Waals surface area contributed by atoms with Crippen LogP contribution in [-0.2, 0) is 9.59 Å². The van der Waals surface area contributed by atoms with E-state index in [4.69, 9.17) is 9.47 Å². The van der Waals surface area contributed by atoms with Crippen LogP contribution in [-0.4, -0.2) is 45.2 Å². The Bertz CT molecular complexity index is 790. The van der Waals surface area contributed by atoms with Gasteiger partial charge in [0.15, 0.2) is 11.5 Å². The van der Waals surface area contributed by atoms with Crippen LogP contribution in [0.1, 0.15) is 0 Å². The van der Waals surface area contributed by atoms with Crippen molar-refractivity contribution in [3.8, 4) is 11.5 Å². The highest BCUT2D eigenvalue weighted by Crippen LogP contribution is 2.30. The third-order valence-corrected chi connectivity index (χ3v) is 3.91. The molecule has 2 aromatic carbocycles. The molecule has 26 heavy (non-hydrogen) atoms. The molecule has 2 N–H and O–H groups in total. The molecule has 136 valence electrons. The maximum Gasteiger partial charge on any atom is 0.313 e. The lowest BCUT2D eigenvalue weighted by atomic mass is 10.2. The first-order chi connectivity index (χ1) is 12.5. The summed E-state index contributed by atoms with van der Waals surface area (Å²) in [4.78, 5) is 25.9. The monoisotopic (exact) mass is 355 g/mol. The SMILES string of the molecule is CN(C)c1ccc(NC(=O)C(=O)NCC2COc3ccccc3O2)cc1. The second-order valence-corrected chi connectivity index (χ2v) is 6.10. The molecule has 7 heteroatoms. The van der Waals surface area contributed by atoms with E-state index in [0.717, 1.165) is 5.69 Å². The zero-order valence-electron chi connectivity index (χ0n) is 14.7. The average molecular weight is 355 g/mol. The number of nitrogens with one attached hydrogen (secondary N) is 2. The molecule has 0 saturated carbocycles. The lowest BCUT2D eigenvalue weighted by Crippen LogP contribution is -2.44. The number of nitrogens with zero attached hydrogens (tertiary/aromatic N) is 1. The van der Waals surface area contributed by atoms with E-state index in [1.165, 1.54) is 0 Å². The molecule has 0 spiro atoms. The first kappa shape index (κ1) is 17.6. The Hall–Kier alpha value is -3.22. The molecule has 7 nitrogen and oxygen atoms in total. The number of carbonyl (C=O) groups is 2. The fraction of sp³-hybridized carbons (Fsp3) is 0.263. The van der Waals surface area contributed by atoms with Crippen molar-refractivity contribution in [2.45, 2.75) is 6.10 Å². The van der Waals surface area contributed by atoms with Crippen LogP contribution in [0.5, 0.6) is 11.5 Å². The minimum atomic E-state index is -0.722. The zero-order valence-corrected chi connectivity index (χ0v) is 14.7. The summed E-state index contributed by atoms with van der Waals surface area (Å²) >= 11 is 0. The van der Waals surface area contributed by atoms with Crippen LogP contribution >= 0.6 is 0 Å². The average Bonchev–Trinajstić information content (AvgIpc) is 2.66. The van der Waals surface area contributed by atoms with E-state index in [1.807, 2.05) is 49.3 Å². The third kappa shape index (κ3) is 4.24. The minimum Gasteiger partial charge on any atom is -0.486 e. The van der Waals surface area contributed by atoms with Crippen molar-refractivity contribution in [3.63, 3.8) is 0 Å². The molecule has 0 radical (unpaired) electrons. The van der Waals surface area contributed by atoms with Gasteiger partial charge in [-0.25, -0.2) is 0 Å². The maximum atomic E-state index is 12.0. The van der Waals surface area contributed by atoms with Crippen LogP contribution in [0.2, 0.25) is 0 Å². The van der Waals surface area contributed by atoms with E-state index in [2.05, 4.69) is 10.6 Å². The van der Waals surface area contributed by atoms with Crippen LogP contribution in [0.15, 0.2) is 48.5 Å². The Labute approximate surface area is 151 Å². The molecule has 0 aliphatic carbocycles. The number of ether oxygens (including phenoxy) is 2. The van der Waals surface area contributed by atoms with Gasteiger partial charge in [0, 0.05) is 25.5 Å². The van der Waals surface area contributed by atoms with Crippen molar-refractivity contribution in [1.29, 1.82) is 0 Å². The number of hydrogen-bond donors (Lipinski definition) is 2. The maximum absolute atomic E-state index is 12.0. The number of carbonyl (C=O) groups excluding carboxylic acids is 2. The van der Waals surface area contributed by atoms with Crippen LogP contribution in [0.4, 0.5) is 11.4 Å². The third-order valence-electron chi connectivity index (χ3n) is 3.91. The Balaban J connectivity index is 1.48. The molecule has 0 saturated heterocycles. The smallest absolute Gasteiger partial charge is 0.313 e. The van der Waals surface area contributed by atoms with Crippen LogP contribution < -0.4 is 25.0 Å². The summed E-state index contributed by atoms with van der Waals surface area (Å²) in [6.07, 6.45) is -0.346. The van der Waals surface area contributed by atoms with Gasteiger partial charge in [0.05, 0.1) is 6.54 Å². The fourth-order valence-corrected chi connectivity index (χ4v) is 2.48. The number of hydrogen-bond acceptors (Lipinski definition) is 5. The predicted octanol–water partition coefficient (Wildman–Crippen LogP) is 1.65. The van der Waals surface area contributed by atoms with Crippen molar-refractivity contribution in [1.82, 2.24) is 5.32 Å². The molecule has 3 rings (SSSR count). The second kappa shape index (κ2) is 7.77. The largest absolute Gasteiger partial charge is 0.486 e. The molecule has 1 heterocycles.